The quantitative estimate of drug-likeness (QED) is 0.271. The van der Waals surface area contributed by atoms with Gasteiger partial charge in [-0.3, -0.25) is 14.9 Å². The highest BCUT2D eigenvalue weighted by Gasteiger charge is 2.20. The van der Waals surface area contributed by atoms with Gasteiger partial charge in [0, 0.05) is 11.6 Å². The molecule has 0 radical (unpaired) electrons. The zero-order valence-electron chi connectivity index (χ0n) is 11.3. The van der Waals surface area contributed by atoms with Crippen molar-refractivity contribution >= 4 is 17.6 Å². The van der Waals surface area contributed by atoms with Crippen molar-refractivity contribution in [3.05, 3.63) is 52.1 Å². The number of benzene rings is 1. The minimum Gasteiger partial charge on any atom is -0.389 e. The van der Waals surface area contributed by atoms with Crippen LogP contribution in [0.2, 0.25) is 0 Å². The molecule has 6 heteroatoms. The van der Waals surface area contributed by atoms with Crippen molar-refractivity contribution in [3.8, 4) is 0 Å². The van der Waals surface area contributed by atoms with Gasteiger partial charge in [-0.15, -0.1) is 6.58 Å². The number of carbonyl (C=O) groups excluding carboxylic acids is 2. The molecular weight excluding hydrogens is 262 g/mol. The minimum absolute atomic E-state index is 0.0899. The van der Waals surface area contributed by atoms with Crippen LogP contribution in [-0.2, 0) is 9.53 Å². The van der Waals surface area contributed by atoms with E-state index in [-0.39, 0.29) is 11.3 Å². The molecule has 106 valence electrons. The van der Waals surface area contributed by atoms with Crippen molar-refractivity contribution in [2.45, 2.75) is 20.3 Å². The molecular formula is C14H15NO5. The summed E-state index contributed by atoms with van der Waals surface area (Å²) in [5, 5.41) is 10.7. The molecule has 0 spiro atoms. The first-order valence-electron chi connectivity index (χ1n) is 5.98. The molecule has 6 nitrogen and oxygen atoms in total. The maximum atomic E-state index is 11.8. The zero-order valence-corrected chi connectivity index (χ0v) is 11.3. The van der Waals surface area contributed by atoms with E-state index in [0.717, 1.165) is 0 Å². The van der Waals surface area contributed by atoms with Crippen LogP contribution in [0.15, 0.2) is 30.9 Å². The van der Waals surface area contributed by atoms with E-state index in [0.29, 0.717) is 12.0 Å². The first-order valence-corrected chi connectivity index (χ1v) is 5.98. The third-order valence-corrected chi connectivity index (χ3v) is 2.75. The summed E-state index contributed by atoms with van der Waals surface area (Å²) in [4.78, 5) is 33.5. The van der Waals surface area contributed by atoms with Crippen LogP contribution in [0.3, 0.4) is 0 Å². The summed E-state index contributed by atoms with van der Waals surface area (Å²) in [6.07, 6.45) is 1.97. The molecule has 0 heterocycles. The monoisotopic (exact) mass is 277 g/mol. The van der Waals surface area contributed by atoms with Crippen LogP contribution in [0.1, 0.15) is 29.3 Å². The van der Waals surface area contributed by atoms with Gasteiger partial charge in [-0.25, -0.2) is 4.79 Å². The molecule has 1 rings (SSSR count). The molecule has 20 heavy (non-hydrogen) atoms. The molecule has 0 saturated carbocycles. The predicted molar refractivity (Wildman–Crippen MR) is 72.2 cm³/mol. The largest absolute Gasteiger partial charge is 0.389 e. The average molecular weight is 277 g/mol. The summed E-state index contributed by atoms with van der Waals surface area (Å²) in [6, 6.07) is 3.80. The predicted octanol–water partition coefficient (Wildman–Crippen LogP) is 2.80. The minimum atomic E-state index is -0.816. The Hall–Kier alpha value is -2.50. The molecule has 0 amide bonds. The summed E-state index contributed by atoms with van der Waals surface area (Å²) in [5.41, 5.74) is 0.344. The first kappa shape index (κ1) is 15.6. The van der Waals surface area contributed by atoms with Crippen molar-refractivity contribution in [1.82, 2.24) is 0 Å². The van der Waals surface area contributed by atoms with Crippen LogP contribution in [0.5, 0.6) is 0 Å². The number of hydrogen-bond donors (Lipinski definition) is 0. The Kier molecular flexibility index (Phi) is 5.14. The van der Waals surface area contributed by atoms with E-state index in [2.05, 4.69) is 6.58 Å². The molecule has 0 bridgehead atoms. The Morgan fingerprint density at radius 3 is 2.65 bits per heavy atom. The number of ether oxygens (including phenoxy) is 1. The van der Waals surface area contributed by atoms with E-state index in [1.54, 1.807) is 13.0 Å². The highest BCUT2D eigenvalue weighted by molar-refractivity contribution is 5.97. The molecule has 1 unspecified atom stereocenters. The Morgan fingerprint density at radius 1 is 1.50 bits per heavy atom. The highest BCUT2D eigenvalue weighted by Crippen LogP contribution is 2.19. The van der Waals surface area contributed by atoms with Crippen LogP contribution in [0, 0.1) is 23.0 Å². The van der Waals surface area contributed by atoms with Gasteiger partial charge in [0.05, 0.1) is 16.4 Å². The third-order valence-electron chi connectivity index (χ3n) is 2.75. The number of carbonyl (C=O) groups is 2. The van der Waals surface area contributed by atoms with Gasteiger partial charge >= 0.3 is 11.9 Å². The zero-order chi connectivity index (χ0) is 15.3. The Balaban J connectivity index is 2.83. The van der Waals surface area contributed by atoms with Crippen molar-refractivity contribution in [3.63, 3.8) is 0 Å². The molecule has 1 aromatic rings. The fourth-order valence-electron chi connectivity index (χ4n) is 1.58. The van der Waals surface area contributed by atoms with Gasteiger partial charge < -0.3 is 4.74 Å². The average Bonchev–Trinajstić information content (AvgIpc) is 2.38. The van der Waals surface area contributed by atoms with E-state index >= 15 is 0 Å². The molecule has 0 aliphatic carbocycles. The second-order valence-electron chi connectivity index (χ2n) is 4.39. The maximum Gasteiger partial charge on any atom is 0.345 e. The fraction of sp³-hybridized carbons (Fsp3) is 0.286. The van der Waals surface area contributed by atoms with Crippen molar-refractivity contribution in [2.75, 3.05) is 0 Å². The summed E-state index contributed by atoms with van der Waals surface area (Å²) >= 11 is 0. The van der Waals surface area contributed by atoms with E-state index in [1.807, 2.05) is 0 Å². The first-order chi connectivity index (χ1) is 9.36. The van der Waals surface area contributed by atoms with Gasteiger partial charge in [0.15, 0.2) is 0 Å². The molecule has 1 aromatic carbocycles. The number of nitrogens with zero attached hydrogens (tertiary/aromatic N) is 1. The van der Waals surface area contributed by atoms with Crippen LogP contribution in [0.4, 0.5) is 5.69 Å². The number of aryl methyl sites for hydroxylation is 1. The lowest BCUT2D eigenvalue weighted by Crippen LogP contribution is -2.19. The summed E-state index contributed by atoms with van der Waals surface area (Å²) in [5.74, 6) is -1.93. The number of esters is 2. The standard InChI is InChI=1S/C14H15NO5/c1-4-5-9(2)13(16)20-14(17)11-6-7-12(15(18)19)10(3)8-11/h4,6-9H,1,5H2,2-3H3. The second kappa shape index (κ2) is 6.60. The summed E-state index contributed by atoms with van der Waals surface area (Å²) in [7, 11) is 0. The van der Waals surface area contributed by atoms with Gasteiger partial charge in [0.2, 0.25) is 0 Å². The number of allylic oxidation sites excluding steroid dienone is 1. The van der Waals surface area contributed by atoms with E-state index < -0.39 is 22.8 Å². The van der Waals surface area contributed by atoms with Gasteiger partial charge in [-0.05, 0) is 25.5 Å². The van der Waals surface area contributed by atoms with Crippen molar-refractivity contribution in [2.24, 2.45) is 5.92 Å². The SMILES string of the molecule is C=CCC(C)C(=O)OC(=O)c1ccc([N+](=O)[O-])c(C)c1. The maximum absolute atomic E-state index is 11.8. The fourth-order valence-corrected chi connectivity index (χ4v) is 1.58. The van der Waals surface area contributed by atoms with E-state index in [1.165, 1.54) is 25.1 Å². The molecule has 0 aromatic heterocycles. The number of hydrogen-bond acceptors (Lipinski definition) is 5. The van der Waals surface area contributed by atoms with Gasteiger partial charge in [0.1, 0.15) is 0 Å². The van der Waals surface area contributed by atoms with Gasteiger partial charge in [-0.1, -0.05) is 13.0 Å². The molecule has 0 N–H and O–H groups in total. The van der Waals surface area contributed by atoms with Crippen molar-refractivity contribution in [1.29, 1.82) is 0 Å². The lowest BCUT2D eigenvalue weighted by Gasteiger charge is -2.08. The van der Waals surface area contributed by atoms with Gasteiger partial charge in [0.25, 0.3) is 5.69 Å². The third kappa shape index (κ3) is 3.74. The number of nitro benzene ring substituents is 1. The van der Waals surface area contributed by atoms with Crippen LogP contribution in [-0.4, -0.2) is 16.9 Å². The lowest BCUT2D eigenvalue weighted by atomic mass is 10.1. The Morgan fingerprint density at radius 2 is 2.15 bits per heavy atom. The lowest BCUT2D eigenvalue weighted by molar-refractivity contribution is -0.385. The Bertz CT molecular complexity index is 565. The number of rotatable bonds is 5. The molecule has 0 aliphatic heterocycles. The molecule has 0 saturated heterocycles. The number of nitro groups is 1. The second-order valence-corrected chi connectivity index (χ2v) is 4.39. The smallest absolute Gasteiger partial charge is 0.345 e. The molecule has 0 aliphatic rings. The summed E-state index contributed by atoms with van der Waals surface area (Å²) < 4.78 is 4.71. The Labute approximate surface area is 116 Å². The highest BCUT2D eigenvalue weighted by atomic mass is 16.6. The topological polar surface area (TPSA) is 86.5 Å². The van der Waals surface area contributed by atoms with E-state index in [9.17, 15) is 19.7 Å². The van der Waals surface area contributed by atoms with Crippen LogP contribution < -0.4 is 0 Å². The normalized spacial score (nSPS) is 11.5. The molecule has 1 atom stereocenters. The van der Waals surface area contributed by atoms with Crippen LogP contribution in [0.25, 0.3) is 0 Å². The van der Waals surface area contributed by atoms with Crippen LogP contribution >= 0.6 is 0 Å². The van der Waals surface area contributed by atoms with Crippen molar-refractivity contribution < 1.29 is 19.2 Å². The van der Waals surface area contributed by atoms with Gasteiger partial charge in [-0.2, -0.15) is 0 Å². The van der Waals surface area contributed by atoms with E-state index in [4.69, 9.17) is 4.74 Å². The molecule has 0 fully saturated rings. The summed E-state index contributed by atoms with van der Waals surface area (Å²) in [6.45, 7) is 6.64.